The maximum atomic E-state index is 5.66. The average molecular weight is 183 g/mol. The lowest BCUT2D eigenvalue weighted by atomic mass is 10.2. The second-order valence-electron chi connectivity index (χ2n) is 3.28. The summed E-state index contributed by atoms with van der Waals surface area (Å²) in [6, 6.07) is 0.172. The zero-order valence-corrected chi connectivity index (χ0v) is 8.23. The Kier molecular flexibility index (Phi) is 3.92. The van der Waals surface area contributed by atoms with Crippen molar-refractivity contribution in [2.24, 2.45) is 5.73 Å². The summed E-state index contributed by atoms with van der Waals surface area (Å²) >= 11 is 0. The maximum Gasteiger partial charge on any atom is 0.0950 e. The molecule has 1 unspecified atom stereocenters. The van der Waals surface area contributed by atoms with Crippen LogP contribution in [0.2, 0.25) is 0 Å². The van der Waals surface area contributed by atoms with Crippen molar-refractivity contribution in [3.8, 4) is 0 Å². The van der Waals surface area contributed by atoms with Gasteiger partial charge in [-0.25, -0.2) is 4.98 Å². The van der Waals surface area contributed by atoms with Gasteiger partial charge in [0.15, 0.2) is 0 Å². The lowest BCUT2D eigenvalue weighted by molar-refractivity contribution is 0.187. The van der Waals surface area contributed by atoms with E-state index >= 15 is 0 Å². The van der Waals surface area contributed by atoms with Crippen molar-refractivity contribution >= 4 is 0 Å². The predicted octanol–water partition coefficient (Wildman–Crippen LogP) is 0.419. The number of nitrogens with zero attached hydrogens (tertiary/aromatic N) is 2. The maximum absolute atomic E-state index is 5.66. The quantitative estimate of drug-likeness (QED) is 0.719. The Labute approximate surface area is 78.7 Å². The number of imidazole rings is 1. The normalized spacial score (nSPS) is 13.2. The van der Waals surface area contributed by atoms with Crippen LogP contribution < -0.4 is 5.73 Å². The first-order valence-electron chi connectivity index (χ1n) is 4.47. The van der Waals surface area contributed by atoms with E-state index in [-0.39, 0.29) is 6.04 Å². The van der Waals surface area contributed by atoms with Crippen LogP contribution in [0.5, 0.6) is 0 Å². The van der Waals surface area contributed by atoms with Gasteiger partial charge in [0, 0.05) is 32.3 Å². The Morgan fingerprint density at radius 3 is 3.08 bits per heavy atom. The SMILES string of the molecule is COCCn1cnc(CC(C)N)c1. The van der Waals surface area contributed by atoms with Crippen molar-refractivity contribution in [1.82, 2.24) is 9.55 Å². The van der Waals surface area contributed by atoms with Crippen LogP contribution in [0.3, 0.4) is 0 Å². The molecule has 0 aliphatic heterocycles. The lowest BCUT2D eigenvalue weighted by Crippen LogP contribution is -2.17. The third kappa shape index (κ3) is 3.57. The topological polar surface area (TPSA) is 53.1 Å². The van der Waals surface area contributed by atoms with Crippen LogP contribution in [-0.2, 0) is 17.7 Å². The molecular weight excluding hydrogens is 166 g/mol. The highest BCUT2D eigenvalue weighted by molar-refractivity contribution is 4.98. The van der Waals surface area contributed by atoms with Crippen molar-refractivity contribution in [1.29, 1.82) is 0 Å². The fourth-order valence-corrected chi connectivity index (χ4v) is 1.16. The van der Waals surface area contributed by atoms with Gasteiger partial charge in [0.2, 0.25) is 0 Å². The largest absolute Gasteiger partial charge is 0.383 e. The third-order valence-electron chi connectivity index (χ3n) is 1.77. The van der Waals surface area contributed by atoms with Gasteiger partial charge < -0.3 is 15.0 Å². The minimum Gasteiger partial charge on any atom is -0.383 e. The minimum atomic E-state index is 0.172. The highest BCUT2D eigenvalue weighted by atomic mass is 16.5. The number of nitrogens with two attached hydrogens (primary N) is 1. The molecule has 1 aromatic heterocycles. The lowest BCUT2D eigenvalue weighted by Gasteiger charge is -2.00. The highest BCUT2D eigenvalue weighted by Gasteiger charge is 2.01. The van der Waals surface area contributed by atoms with Gasteiger partial charge in [0.25, 0.3) is 0 Å². The molecule has 74 valence electrons. The second kappa shape index (κ2) is 4.99. The van der Waals surface area contributed by atoms with Gasteiger partial charge in [-0.15, -0.1) is 0 Å². The number of hydrogen-bond donors (Lipinski definition) is 1. The van der Waals surface area contributed by atoms with Gasteiger partial charge in [-0.3, -0.25) is 0 Å². The molecule has 0 aliphatic rings. The van der Waals surface area contributed by atoms with E-state index in [0.717, 1.165) is 18.7 Å². The first-order valence-corrected chi connectivity index (χ1v) is 4.47. The number of aromatic nitrogens is 2. The van der Waals surface area contributed by atoms with Gasteiger partial charge in [-0.2, -0.15) is 0 Å². The number of hydrogen-bond acceptors (Lipinski definition) is 3. The van der Waals surface area contributed by atoms with Crippen LogP contribution >= 0.6 is 0 Å². The molecule has 1 atom stereocenters. The van der Waals surface area contributed by atoms with Gasteiger partial charge in [0.05, 0.1) is 18.6 Å². The fraction of sp³-hybridized carbons (Fsp3) is 0.667. The standard InChI is InChI=1S/C9H17N3O/c1-8(10)5-9-6-12(7-11-9)3-4-13-2/h6-8H,3-5,10H2,1-2H3. The summed E-state index contributed by atoms with van der Waals surface area (Å²) in [5, 5.41) is 0. The molecule has 2 N–H and O–H groups in total. The van der Waals surface area contributed by atoms with E-state index in [9.17, 15) is 0 Å². The molecule has 0 saturated carbocycles. The molecule has 0 aromatic carbocycles. The van der Waals surface area contributed by atoms with E-state index in [1.807, 2.05) is 24.0 Å². The van der Waals surface area contributed by atoms with E-state index in [4.69, 9.17) is 10.5 Å². The number of methoxy groups -OCH3 is 1. The monoisotopic (exact) mass is 183 g/mol. The molecule has 13 heavy (non-hydrogen) atoms. The smallest absolute Gasteiger partial charge is 0.0950 e. The predicted molar refractivity (Wildman–Crippen MR) is 51.5 cm³/mol. The van der Waals surface area contributed by atoms with Crippen molar-refractivity contribution < 1.29 is 4.74 Å². The zero-order valence-electron chi connectivity index (χ0n) is 8.23. The molecule has 0 fully saturated rings. The van der Waals surface area contributed by atoms with Crippen molar-refractivity contribution in [2.75, 3.05) is 13.7 Å². The van der Waals surface area contributed by atoms with Gasteiger partial charge >= 0.3 is 0 Å². The average Bonchev–Trinajstić information content (AvgIpc) is 2.48. The zero-order chi connectivity index (χ0) is 9.68. The Hall–Kier alpha value is -0.870. The van der Waals surface area contributed by atoms with Crippen LogP contribution in [0.1, 0.15) is 12.6 Å². The molecule has 0 radical (unpaired) electrons. The third-order valence-corrected chi connectivity index (χ3v) is 1.77. The number of rotatable bonds is 5. The van der Waals surface area contributed by atoms with Gasteiger partial charge in [0.1, 0.15) is 0 Å². The van der Waals surface area contributed by atoms with E-state index in [2.05, 4.69) is 4.98 Å². The molecule has 0 amide bonds. The van der Waals surface area contributed by atoms with Crippen LogP contribution in [-0.4, -0.2) is 29.3 Å². The molecule has 1 rings (SSSR count). The molecule has 1 aromatic rings. The summed E-state index contributed by atoms with van der Waals surface area (Å²) in [4.78, 5) is 4.24. The summed E-state index contributed by atoms with van der Waals surface area (Å²) in [6.45, 7) is 3.55. The van der Waals surface area contributed by atoms with E-state index < -0.39 is 0 Å². The molecule has 0 spiro atoms. The summed E-state index contributed by atoms with van der Waals surface area (Å²) in [7, 11) is 1.69. The van der Waals surface area contributed by atoms with Crippen LogP contribution in [0, 0.1) is 0 Å². The van der Waals surface area contributed by atoms with Crippen LogP contribution in [0.25, 0.3) is 0 Å². The van der Waals surface area contributed by atoms with Crippen LogP contribution in [0.4, 0.5) is 0 Å². The summed E-state index contributed by atoms with van der Waals surface area (Å²) in [5.41, 5.74) is 6.71. The Morgan fingerprint density at radius 2 is 2.46 bits per heavy atom. The van der Waals surface area contributed by atoms with E-state index in [1.54, 1.807) is 7.11 Å². The molecule has 0 bridgehead atoms. The summed E-state index contributed by atoms with van der Waals surface area (Å²) < 4.78 is 6.98. The highest BCUT2D eigenvalue weighted by Crippen LogP contribution is 1.99. The van der Waals surface area contributed by atoms with Crippen molar-refractivity contribution in [2.45, 2.75) is 25.9 Å². The van der Waals surface area contributed by atoms with E-state index in [0.29, 0.717) is 6.61 Å². The molecule has 4 nitrogen and oxygen atoms in total. The number of ether oxygens (including phenoxy) is 1. The first kappa shape index (κ1) is 10.2. The van der Waals surface area contributed by atoms with Gasteiger partial charge in [-0.05, 0) is 6.92 Å². The van der Waals surface area contributed by atoms with Crippen molar-refractivity contribution in [3.05, 3.63) is 18.2 Å². The molecular formula is C9H17N3O. The first-order chi connectivity index (χ1) is 6.22. The Balaban J connectivity index is 2.44. The summed E-state index contributed by atoms with van der Waals surface area (Å²) in [6.07, 6.45) is 4.67. The molecule has 4 heteroatoms. The van der Waals surface area contributed by atoms with Crippen LogP contribution in [0.15, 0.2) is 12.5 Å². The minimum absolute atomic E-state index is 0.172. The van der Waals surface area contributed by atoms with Gasteiger partial charge in [-0.1, -0.05) is 0 Å². The van der Waals surface area contributed by atoms with Crippen molar-refractivity contribution in [3.63, 3.8) is 0 Å². The van der Waals surface area contributed by atoms with E-state index in [1.165, 1.54) is 0 Å². The molecule has 0 aliphatic carbocycles. The fourth-order valence-electron chi connectivity index (χ4n) is 1.16. The molecule has 0 saturated heterocycles. The Bertz CT molecular complexity index is 245. The second-order valence-corrected chi connectivity index (χ2v) is 3.28. The molecule has 1 heterocycles. The summed E-state index contributed by atoms with van der Waals surface area (Å²) in [5.74, 6) is 0. The Morgan fingerprint density at radius 1 is 1.69 bits per heavy atom.